The lowest BCUT2D eigenvalue weighted by atomic mass is 10.2. The third-order valence-corrected chi connectivity index (χ3v) is 8.96. The Morgan fingerprint density at radius 1 is 1.08 bits per heavy atom. The van der Waals surface area contributed by atoms with Crippen molar-refractivity contribution in [2.45, 2.75) is 22.2 Å². The van der Waals surface area contributed by atoms with E-state index in [0.29, 0.717) is 22.2 Å². The molecule has 0 fully saturated rings. The first-order valence-electron chi connectivity index (χ1n) is 10.1. The molecule has 0 aliphatic carbocycles. The summed E-state index contributed by atoms with van der Waals surface area (Å²) in [5.41, 5.74) is -2.44. The fourth-order valence-corrected chi connectivity index (χ4v) is 6.74. The normalized spacial score (nSPS) is 12.1. The molecule has 4 aromatic rings. The molecule has 0 saturated heterocycles. The molecule has 37 heavy (non-hydrogen) atoms. The highest BCUT2D eigenvalue weighted by atomic mass is 35.5. The van der Waals surface area contributed by atoms with Crippen molar-refractivity contribution in [3.05, 3.63) is 75.0 Å². The molecule has 0 atom stereocenters. The number of sulfone groups is 1. The number of carbonyl (C=O) groups excluding carboxylic acids is 1. The molecule has 0 aliphatic rings. The van der Waals surface area contributed by atoms with E-state index in [1.165, 1.54) is 49.4 Å². The molecule has 0 unspecified atom stereocenters. The number of thiazole rings is 1. The van der Waals surface area contributed by atoms with Crippen LogP contribution in [0.5, 0.6) is 0 Å². The molecule has 194 valence electrons. The van der Waals surface area contributed by atoms with E-state index in [2.05, 4.69) is 10.1 Å². The lowest BCUT2D eigenvalue weighted by molar-refractivity contribution is -0.143. The molecule has 0 saturated carbocycles. The fraction of sp³-hybridized carbons (Fsp3) is 0.136. The van der Waals surface area contributed by atoms with Crippen molar-refractivity contribution in [1.82, 2.24) is 14.8 Å². The smallest absolute Gasteiger partial charge is 0.434 e. The molecular formula is C22H13Cl3F3N3O4S2. The zero-order valence-electron chi connectivity index (χ0n) is 18.4. The Labute approximate surface area is 227 Å². The van der Waals surface area contributed by atoms with Gasteiger partial charge in [0.1, 0.15) is 11.3 Å². The molecule has 2 heterocycles. The predicted molar refractivity (Wildman–Crippen MR) is 133 cm³/mol. The minimum atomic E-state index is -5.06. The van der Waals surface area contributed by atoms with Gasteiger partial charge in [-0.15, -0.1) is 0 Å². The van der Waals surface area contributed by atoms with Gasteiger partial charge in [-0.25, -0.2) is 22.9 Å². The molecule has 2 aromatic carbocycles. The maximum absolute atomic E-state index is 14.0. The Bertz CT molecular complexity index is 1600. The summed E-state index contributed by atoms with van der Waals surface area (Å²) in [5, 5.41) is 3.75. The van der Waals surface area contributed by atoms with Crippen molar-refractivity contribution >= 4 is 61.9 Å². The number of ether oxygens (including phenoxy) is 1. The molecule has 15 heteroatoms. The standard InChI is InChI=1S/C22H13Cl3F3N3O4S2/c1-2-35-19(32)15-10-29-31(18(15)22(26,27)28)21-30-17(14-8-5-12(24)9-16(14)25)20(36-21)37(33,34)13-6-3-11(23)4-7-13/h3-10H,2H2,1H3. The lowest BCUT2D eigenvalue weighted by Gasteiger charge is -2.10. The summed E-state index contributed by atoms with van der Waals surface area (Å²) in [4.78, 5) is 16.2. The van der Waals surface area contributed by atoms with Gasteiger partial charge < -0.3 is 4.74 Å². The van der Waals surface area contributed by atoms with E-state index >= 15 is 0 Å². The van der Waals surface area contributed by atoms with Crippen molar-refractivity contribution in [3.63, 3.8) is 0 Å². The van der Waals surface area contributed by atoms with Crippen LogP contribution in [-0.2, 0) is 20.8 Å². The van der Waals surface area contributed by atoms with E-state index in [9.17, 15) is 26.4 Å². The third-order valence-electron chi connectivity index (χ3n) is 4.85. The highest BCUT2D eigenvalue weighted by molar-refractivity contribution is 7.93. The van der Waals surface area contributed by atoms with Gasteiger partial charge in [0.2, 0.25) is 15.0 Å². The van der Waals surface area contributed by atoms with Crippen LogP contribution < -0.4 is 0 Å². The SMILES string of the molecule is CCOC(=O)c1cnn(-c2nc(-c3ccc(Cl)cc3Cl)c(S(=O)(=O)c3ccc(Cl)cc3)s2)c1C(F)(F)F. The minimum absolute atomic E-state index is 0.0145. The summed E-state index contributed by atoms with van der Waals surface area (Å²) in [6.07, 6.45) is -4.37. The van der Waals surface area contributed by atoms with Gasteiger partial charge in [-0.1, -0.05) is 46.1 Å². The number of esters is 1. The molecule has 4 rings (SSSR count). The maximum atomic E-state index is 14.0. The van der Waals surface area contributed by atoms with Crippen LogP contribution in [-0.4, -0.2) is 35.8 Å². The van der Waals surface area contributed by atoms with Crippen LogP contribution >= 0.6 is 46.1 Å². The van der Waals surface area contributed by atoms with Crippen LogP contribution in [0.25, 0.3) is 16.4 Å². The van der Waals surface area contributed by atoms with Gasteiger partial charge in [-0.2, -0.15) is 18.3 Å². The Kier molecular flexibility index (Phi) is 7.59. The van der Waals surface area contributed by atoms with E-state index < -0.39 is 42.6 Å². The number of benzene rings is 2. The van der Waals surface area contributed by atoms with E-state index in [0.717, 1.165) is 0 Å². The Morgan fingerprint density at radius 3 is 2.32 bits per heavy atom. The van der Waals surface area contributed by atoms with Crippen molar-refractivity contribution in [2.75, 3.05) is 6.61 Å². The van der Waals surface area contributed by atoms with Gasteiger partial charge in [-0.3, -0.25) is 0 Å². The van der Waals surface area contributed by atoms with Crippen LogP contribution in [0.1, 0.15) is 23.0 Å². The van der Waals surface area contributed by atoms with Gasteiger partial charge in [-0.05, 0) is 49.4 Å². The van der Waals surface area contributed by atoms with Crippen LogP contribution in [0.4, 0.5) is 13.2 Å². The second-order valence-corrected chi connectivity index (χ2v) is 11.7. The second-order valence-electron chi connectivity index (χ2n) is 7.25. The zero-order valence-corrected chi connectivity index (χ0v) is 22.3. The summed E-state index contributed by atoms with van der Waals surface area (Å²) < 4.78 is 73.9. The predicted octanol–water partition coefficient (Wildman–Crippen LogP) is 6.98. The number of halogens is 6. The molecule has 7 nitrogen and oxygen atoms in total. The van der Waals surface area contributed by atoms with Gasteiger partial charge in [0.25, 0.3) is 0 Å². The van der Waals surface area contributed by atoms with Crippen LogP contribution in [0, 0.1) is 0 Å². The molecule has 0 amide bonds. The molecule has 0 spiro atoms. The van der Waals surface area contributed by atoms with E-state index in [4.69, 9.17) is 39.5 Å². The van der Waals surface area contributed by atoms with E-state index in [-0.39, 0.29) is 37.8 Å². The second kappa shape index (κ2) is 10.3. The van der Waals surface area contributed by atoms with Crippen LogP contribution in [0.3, 0.4) is 0 Å². The average molecular weight is 611 g/mol. The lowest BCUT2D eigenvalue weighted by Crippen LogP contribution is -2.18. The first kappa shape index (κ1) is 27.4. The average Bonchev–Trinajstić information content (AvgIpc) is 3.45. The maximum Gasteiger partial charge on any atom is 0.434 e. The first-order valence-corrected chi connectivity index (χ1v) is 13.6. The third kappa shape index (κ3) is 5.34. The van der Waals surface area contributed by atoms with Crippen LogP contribution in [0.2, 0.25) is 15.1 Å². The minimum Gasteiger partial charge on any atom is -0.462 e. The Balaban J connectivity index is 2.00. The summed E-state index contributed by atoms with van der Waals surface area (Å²) in [5.74, 6) is -1.24. The number of aromatic nitrogens is 3. The first-order chi connectivity index (χ1) is 17.3. The highest BCUT2D eigenvalue weighted by Gasteiger charge is 2.42. The summed E-state index contributed by atoms with van der Waals surface area (Å²) in [6.45, 7) is 1.27. The quantitative estimate of drug-likeness (QED) is 0.219. The summed E-state index contributed by atoms with van der Waals surface area (Å²) in [6, 6.07) is 9.36. The topological polar surface area (TPSA) is 91.2 Å². The van der Waals surface area contributed by atoms with Gasteiger partial charge in [0.05, 0.1) is 22.7 Å². The molecule has 0 N–H and O–H groups in total. The van der Waals surface area contributed by atoms with Gasteiger partial charge >= 0.3 is 12.1 Å². The number of hydrogen-bond acceptors (Lipinski definition) is 7. The number of hydrogen-bond donors (Lipinski definition) is 0. The number of nitrogens with zero attached hydrogens (tertiary/aromatic N) is 3. The monoisotopic (exact) mass is 609 g/mol. The van der Waals surface area contributed by atoms with Gasteiger partial charge in [0.15, 0.2) is 9.90 Å². The molecule has 0 radical (unpaired) electrons. The van der Waals surface area contributed by atoms with Crippen molar-refractivity contribution in [2.24, 2.45) is 0 Å². The van der Waals surface area contributed by atoms with Gasteiger partial charge in [0, 0.05) is 15.6 Å². The molecule has 0 aliphatic heterocycles. The molecule has 2 aromatic heterocycles. The molecule has 0 bridgehead atoms. The van der Waals surface area contributed by atoms with E-state index in [1.807, 2.05) is 0 Å². The fourth-order valence-electron chi connectivity index (χ4n) is 3.27. The van der Waals surface area contributed by atoms with Crippen LogP contribution in [0.15, 0.2) is 57.8 Å². The van der Waals surface area contributed by atoms with Crippen molar-refractivity contribution < 1.29 is 31.1 Å². The van der Waals surface area contributed by atoms with Crippen molar-refractivity contribution in [1.29, 1.82) is 0 Å². The largest absolute Gasteiger partial charge is 0.462 e. The number of alkyl halides is 3. The zero-order chi connectivity index (χ0) is 27.1. The Morgan fingerprint density at radius 2 is 1.73 bits per heavy atom. The molecular weight excluding hydrogens is 598 g/mol. The summed E-state index contributed by atoms with van der Waals surface area (Å²) in [7, 11) is -4.32. The summed E-state index contributed by atoms with van der Waals surface area (Å²) >= 11 is 18.6. The Hall–Kier alpha value is -2.64. The van der Waals surface area contributed by atoms with Crippen molar-refractivity contribution in [3.8, 4) is 16.4 Å². The number of carbonyl (C=O) groups is 1. The highest BCUT2D eigenvalue weighted by Crippen LogP contribution is 2.42. The number of rotatable bonds is 6. The van der Waals surface area contributed by atoms with E-state index in [1.54, 1.807) is 0 Å².